The summed E-state index contributed by atoms with van der Waals surface area (Å²) in [6, 6.07) is 7.54. The van der Waals surface area contributed by atoms with Gasteiger partial charge in [0.25, 0.3) is 5.56 Å². The highest BCUT2D eigenvalue weighted by Gasteiger charge is 2.46. The van der Waals surface area contributed by atoms with Crippen LogP contribution >= 0.6 is 0 Å². The number of methoxy groups -OCH3 is 1. The third kappa shape index (κ3) is 2.35. The lowest BCUT2D eigenvalue weighted by atomic mass is 9.84. The van der Waals surface area contributed by atoms with E-state index >= 15 is 0 Å². The van der Waals surface area contributed by atoms with Gasteiger partial charge in [-0.05, 0) is 48.3 Å². The molecule has 2 N–H and O–H groups in total. The molecule has 0 aliphatic carbocycles. The lowest BCUT2D eigenvalue weighted by molar-refractivity contribution is -0.172. The average molecular weight is 408 g/mol. The molecule has 1 aromatic heterocycles. The smallest absolute Gasteiger partial charge is 0.343 e. The summed E-state index contributed by atoms with van der Waals surface area (Å²) >= 11 is 0. The third-order valence-corrected chi connectivity index (χ3v) is 6.64. The zero-order chi connectivity index (χ0) is 21.2. The van der Waals surface area contributed by atoms with Crippen LogP contribution in [0.25, 0.3) is 5.57 Å². The number of fused-ring (bicyclic) bond motifs is 5. The van der Waals surface area contributed by atoms with E-state index in [4.69, 9.17) is 9.47 Å². The Bertz CT molecular complexity index is 1180. The normalized spacial score (nSPS) is 23.7. The second-order valence-electron chi connectivity index (χ2n) is 7.99. The van der Waals surface area contributed by atoms with Gasteiger partial charge in [0.2, 0.25) is 0 Å². The van der Waals surface area contributed by atoms with E-state index in [0.29, 0.717) is 17.7 Å². The first kappa shape index (κ1) is 18.9. The van der Waals surface area contributed by atoms with Crippen LogP contribution in [0.1, 0.15) is 55.1 Å². The van der Waals surface area contributed by atoms with Gasteiger partial charge in [0, 0.05) is 29.1 Å². The molecule has 3 aliphatic rings. The van der Waals surface area contributed by atoms with Crippen molar-refractivity contribution in [2.75, 3.05) is 12.4 Å². The molecule has 7 nitrogen and oxygen atoms in total. The summed E-state index contributed by atoms with van der Waals surface area (Å²) in [5, 5.41) is 14.5. The van der Waals surface area contributed by atoms with Crippen LogP contribution in [0.3, 0.4) is 0 Å². The summed E-state index contributed by atoms with van der Waals surface area (Å²) in [5.74, 6) is 0.0891. The molecule has 0 saturated carbocycles. The molecule has 5 rings (SSSR count). The van der Waals surface area contributed by atoms with Crippen LogP contribution < -0.4 is 15.6 Å². The number of aromatic nitrogens is 1. The summed E-state index contributed by atoms with van der Waals surface area (Å²) in [6.07, 6.45) is 0.960. The summed E-state index contributed by atoms with van der Waals surface area (Å²) in [4.78, 5) is 25.6. The van der Waals surface area contributed by atoms with Crippen molar-refractivity contribution in [3.63, 3.8) is 0 Å². The molecule has 1 aromatic carbocycles. The molecule has 0 bridgehead atoms. The number of esters is 1. The van der Waals surface area contributed by atoms with Gasteiger partial charge in [-0.15, -0.1) is 0 Å². The van der Waals surface area contributed by atoms with E-state index in [0.717, 1.165) is 34.7 Å². The largest absolute Gasteiger partial charge is 0.497 e. The second-order valence-corrected chi connectivity index (χ2v) is 7.99. The van der Waals surface area contributed by atoms with E-state index in [9.17, 15) is 14.7 Å². The van der Waals surface area contributed by atoms with Crippen molar-refractivity contribution in [2.24, 2.45) is 0 Å². The molecule has 0 amide bonds. The van der Waals surface area contributed by atoms with Crippen LogP contribution in [0.5, 0.6) is 5.75 Å². The number of cyclic esters (lactones) is 1. The number of aliphatic hydroxyl groups is 1. The van der Waals surface area contributed by atoms with Crippen molar-refractivity contribution in [1.29, 1.82) is 0 Å². The fraction of sp³-hybridized carbons (Fsp3) is 0.391. The number of carbonyl (C=O) groups excluding carboxylic acids is 1. The summed E-state index contributed by atoms with van der Waals surface area (Å²) in [5.41, 5.74) is 3.88. The summed E-state index contributed by atoms with van der Waals surface area (Å²) in [6.45, 7) is 4.18. The van der Waals surface area contributed by atoms with E-state index in [2.05, 4.69) is 12.2 Å². The Balaban J connectivity index is 1.72. The monoisotopic (exact) mass is 408 g/mol. The van der Waals surface area contributed by atoms with Crippen LogP contribution in [0.15, 0.2) is 34.6 Å². The number of hydrogen-bond donors (Lipinski definition) is 2. The Kier molecular flexibility index (Phi) is 4.08. The number of ether oxygens (including phenoxy) is 2. The van der Waals surface area contributed by atoms with Crippen molar-refractivity contribution in [1.82, 2.24) is 4.57 Å². The van der Waals surface area contributed by atoms with Crippen molar-refractivity contribution >= 4 is 17.2 Å². The number of anilines is 1. The topological polar surface area (TPSA) is 89.8 Å². The minimum absolute atomic E-state index is 0.106. The number of nitrogens with zero attached hydrogens (tertiary/aromatic N) is 1. The number of nitrogens with one attached hydrogen (secondary N) is 1. The van der Waals surface area contributed by atoms with Crippen LogP contribution in [0, 0.1) is 0 Å². The van der Waals surface area contributed by atoms with Gasteiger partial charge in [0.05, 0.1) is 18.7 Å². The van der Waals surface area contributed by atoms with Gasteiger partial charge < -0.3 is 24.5 Å². The van der Waals surface area contributed by atoms with Gasteiger partial charge in [-0.1, -0.05) is 13.8 Å². The van der Waals surface area contributed by atoms with Gasteiger partial charge in [-0.2, -0.15) is 0 Å². The number of hydrogen-bond acceptors (Lipinski definition) is 6. The Labute approximate surface area is 173 Å². The zero-order valence-electron chi connectivity index (χ0n) is 17.2. The molecule has 2 atom stereocenters. The van der Waals surface area contributed by atoms with Crippen molar-refractivity contribution in [3.05, 3.63) is 62.6 Å². The maximum Gasteiger partial charge on any atom is 0.343 e. The van der Waals surface area contributed by atoms with E-state index in [1.807, 2.05) is 24.3 Å². The van der Waals surface area contributed by atoms with Crippen molar-refractivity contribution in [3.8, 4) is 5.75 Å². The van der Waals surface area contributed by atoms with Crippen LogP contribution in [-0.2, 0) is 28.3 Å². The minimum Gasteiger partial charge on any atom is -0.497 e. The van der Waals surface area contributed by atoms with Gasteiger partial charge in [-0.25, -0.2) is 4.79 Å². The Hall–Kier alpha value is -3.06. The maximum absolute atomic E-state index is 13.3. The first-order valence-corrected chi connectivity index (χ1v) is 10.3. The molecule has 0 spiro atoms. The fourth-order valence-electron chi connectivity index (χ4n) is 4.96. The Morgan fingerprint density at radius 2 is 2.10 bits per heavy atom. The van der Waals surface area contributed by atoms with Crippen LogP contribution in [0.4, 0.5) is 5.69 Å². The van der Waals surface area contributed by atoms with Gasteiger partial charge in [0.15, 0.2) is 5.60 Å². The summed E-state index contributed by atoms with van der Waals surface area (Å²) < 4.78 is 12.3. The van der Waals surface area contributed by atoms with E-state index < -0.39 is 11.6 Å². The SMILES string of the molecule is CCC1=C2Cn3c(cc4c(c3=O)COC(=O)[C@]4(O)CC)C2Nc2ccc(OC)cc21. The molecule has 156 valence electrons. The molecule has 7 heteroatoms. The first-order valence-electron chi connectivity index (χ1n) is 10.3. The van der Waals surface area contributed by atoms with Gasteiger partial charge in [-0.3, -0.25) is 4.79 Å². The van der Waals surface area contributed by atoms with Crippen molar-refractivity contribution < 1.29 is 19.4 Å². The number of carbonyl (C=O) groups is 1. The van der Waals surface area contributed by atoms with E-state index in [-0.39, 0.29) is 24.6 Å². The van der Waals surface area contributed by atoms with Gasteiger partial charge in [0.1, 0.15) is 12.4 Å². The van der Waals surface area contributed by atoms with Crippen molar-refractivity contribution in [2.45, 2.75) is 51.5 Å². The molecule has 3 aliphatic heterocycles. The molecule has 2 aromatic rings. The van der Waals surface area contributed by atoms with Gasteiger partial charge >= 0.3 is 5.97 Å². The predicted octanol–water partition coefficient (Wildman–Crippen LogP) is 2.86. The standard InChI is InChI=1S/C23H24N2O5/c1-4-13-14-8-12(29-3)6-7-18(14)24-20-15(13)10-25-19(20)9-17-16(21(25)26)11-30-22(27)23(17,28)5-2/h6-9,20,24,28H,4-5,10-11H2,1-3H3/t20?,23-/m0/s1. The average Bonchev–Trinajstić information content (AvgIpc) is 3.13. The lowest BCUT2D eigenvalue weighted by Gasteiger charge is -2.32. The zero-order valence-corrected chi connectivity index (χ0v) is 17.2. The molecular formula is C23H24N2O5. The first-order chi connectivity index (χ1) is 14.4. The van der Waals surface area contributed by atoms with E-state index in [1.165, 1.54) is 5.57 Å². The molecule has 30 heavy (non-hydrogen) atoms. The number of rotatable bonds is 3. The molecule has 0 saturated heterocycles. The third-order valence-electron chi connectivity index (χ3n) is 6.64. The molecule has 1 unspecified atom stereocenters. The molecule has 0 fully saturated rings. The van der Waals surface area contributed by atoms with E-state index in [1.54, 1.807) is 18.6 Å². The highest BCUT2D eigenvalue weighted by atomic mass is 16.6. The Morgan fingerprint density at radius 3 is 2.80 bits per heavy atom. The minimum atomic E-state index is -1.79. The fourth-order valence-corrected chi connectivity index (χ4v) is 4.96. The Morgan fingerprint density at radius 1 is 1.30 bits per heavy atom. The molecule has 4 heterocycles. The predicted molar refractivity (Wildman–Crippen MR) is 111 cm³/mol. The highest BCUT2D eigenvalue weighted by Crippen LogP contribution is 2.47. The van der Waals surface area contributed by atoms with Crippen LogP contribution in [-0.4, -0.2) is 22.8 Å². The summed E-state index contributed by atoms with van der Waals surface area (Å²) in [7, 11) is 1.65. The lowest BCUT2D eigenvalue weighted by Crippen LogP contribution is -2.44. The number of pyridine rings is 1. The maximum atomic E-state index is 13.3. The second kappa shape index (κ2) is 6.47. The van der Waals surface area contributed by atoms with Crippen LogP contribution in [0.2, 0.25) is 0 Å². The molecule has 0 radical (unpaired) electrons. The molecular weight excluding hydrogens is 384 g/mol. The highest BCUT2D eigenvalue weighted by molar-refractivity contribution is 5.85. The number of benzene rings is 1. The quantitative estimate of drug-likeness (QED) is 0.759. The number of allylic oxidation sites excluding steroid dienone is 1.